The Bertz CT molecular complexity index is 491. The first-order valence-electron chi connectivity index (χ1n) is 4.44. The fourth-order valence-electron chi connectivity index (χ4n) is 1.35. The fraction of sp³-hybridized carbons (Fsp3) is 0. The van der Waals surface area contributed by atoms with Crippen LogP contribution in [-0.2, 0) is 0 Å². The van der Waals surface area contributed by atoms with E-state index in [1.54, 1.807) is 0 Å². The van der Waals surface area contributed by atoms with Crippen LogP contribution >= 0.6 is 0 Å². The lowest BCUT2D eigenvalue weighted by molar-refractivity contribution is 0.582. The van der Waals surface area contributed by atoms with Gasteiger partial charge in [-0.3, -0.25) is 0 Å². The summed E-state index contributed by atoms with van der Waals surface area (Å²) in [6.45, 7) is 0. The highest BCUT2D eigenvalue weighted by atomic mass is 19.1. The molecule has 0 fully saturated rings. The second-order valence-corrected chi connectivity index (χ2v) is 3.21. The lowest BCUT2D eigenvalue weighted by Gasteiger charge is -2.05. The van der Waals surface area contributed by atoms with Crippen LogP contribution in [0.1, 0.15) is 0 Å². The molecule has 0 radical (unpaired) electrons. The Hall–Kier alpha value is -2.04. The van der Waals surface area contributed by atoms with Crippen LogP contribution in [0.4, 0.5) is 19.0 Å². The molecule has 5 heteroatoms. The Morgan fingerprint density at radius 1 is 0.938 bits per heavy atom. The van der Waals surface area contributed by atoms with Gasteiger partial charge in [-0.25, -0.2) is 18.2 Å². The number of nitrogens with two attached hydrogens (primary N) is 1. The molecule has 1 heterocycles. The third-order valence-electron chi connectivity index (χ3n) is 2.10. The first kappa shape index (κ1) is 10.5. The third kappa shape index (κ3) is 1.84. The van der Waals surface area contributed by atoms with Crippen LogP contribution in [0.5, 0.6) is 0 Å². The number of hydrogen-bond donors (Lipinski definition) is 1. The Morgan fingerprint density at radius 2 is 1.62 bits per heavy atom. The molecule has 16 heavy (non-hydrogen) atoms. The van der Waals surface area contributed by atoms with Crippen LogP contribution in [0.15, 0.2) is 30.5 Å². The molecule has 0 unspecified atom stereocenters. The third-order valence-corrected chi connectivity index (χ3v) is 2.10. The van der Waals surface area contributed by atoms with Crippen LogP contribution in [-0.4, -0.2) is 4.98 Å². The summed E-state index contributed by atoms with van der Waals surface area (Å²) in [6, 6.07) is 3.87. The van der Waals surface area contributed by atoms with Gasteiger partial charge < -0.3 is 5.73 Å². The number of nitrogen functional groups attached to an aromatic ring is 1. The van der Waals surface area contributed by atoms with Crippen molar-refractivity contribution >= 4 is 5.82 Å². The number of nitrogens with zero attached hydrogens (tertiary/aromatic N) is 1. The van der Waals surface area contributed by atoms with Gasteiger partial charge in [0.25, 0.3) is 0 Å². The molecule has 0 aliphatic rings. The predicted octanol–water partition coefficient (Wildman–Crippen LogP) is 2.75. The quantitative estimate of drug-likeness (QED) is 0.808. The maximum absolute atomic E-state index is 13.4. The van der Waals surface area contributed by atoms with Gasteiger partial charge in [-0.2, -0.15) is 0 Å². The highest BCUT2D eigenvalue weighted by Crippen LogP contribution is 2.26. The van der Waals surface area contributed by atoms with E-state index in [0.29, 0.717) is 6.07 Å². The zero-order valence-corrected chi connectivity index (χ0v) is 8.05. The van der Waals surface area contributed by atoms with Gasteiger partial charge in [-0.1, -0.05) is 0 Å². The molecule has 0 saturated carbocycles. The van der Waals surface area contributed by atoms with Crippen molar-refractivity contribution in [3.05, 3.63) is 47.9 Å². The number of benzene rings is 1. The van der Waals surface area contributed by atoms with Crippen molar-refractivity contribution < 1.29 is 13.2 Å². The van der Waals surface area contributed by atoms with E-state index in [1.165, 1.54) is 0 Å². The lowest BCUT2D eigenvalue weighted by Crippen LogP contribution is -1.95. The van der Waals surface area contributed by atoms with E-state index in [9.17, 15) is 13.2 Å². The summed E-state index contributed by atoms with van der Waals surface area (Å²) >= 11 is 0. The van der Waals surface area contributed by atoms with E-state index in [-0.39, 0.29) is 16.9 Å². The first-order valence-corrected chi connectivity index (χ1v) is 4.44. The summed E-state index contributed by atoms with van der Waals surface area (Å²) in [5.41, 5.74) is 5.16. The summed E-state index contributed by atoms with van der Waals surface area (Å²) in [4.78, 5) is 3.66. The minimum absolute atomic E-state index is 0.00349. The summed E-state index contributed by atoms with van der Waals surface area (Å²) in [6.07, 6.45) is 1.11. The van der Waals surface area contributed by atoms with Gasteiger partial charge in [0, 0.05) is 29.5 Å². The number of hydrogen-bond acceptors (Lipinski definition) is 2. The van der Waals surface area contributed by atoms with Gasteiger partial charge >= 0.3 is 0 Å². The van der Waals surface area contributed by atoms with Crippen molar-refractivity contribution in [3.8, 4) is 11.1 Å². The molecule has 0 bridgehead atoms. The van der Waals surface area contributed by atoms with Crippen molar-refractivity contribution in [2.45, 2.75) is 0 Å². The second-order valence-electron chi connectivity index (χ2n) is 3.21. The van der Waals surface area contributed by atoms with Gasteiger partial charge in [0.1, 0.15) is 23.3 Å². The lowest BCUT2D eigenvalue weighted by atomic mass is 10.1. The summed E-state index contributed by atoms with van der Waals surface area (Å²) in [7, 11) is 0. The molecule has 1 aromatic heterocycles. The molecule has 0 saturated heterocycles. The molecule has 0 spiro atoms. The van der Waals surface area contributed by atoms with Gasteiger partial charge in [0.15, 0.2) is 0 Å². The molecule has 82 valence electrons. The standard InChI is InChI=1S/C11H7F3N2/c12-6-1-2-7(9(13)3-6)8-5-16-11(15)4-10(8)14/h1-5H,(H2,15,16). The molecular weight excluding hydrogens is 217 g/mol. The van der Waals surface area contributed by atoms with E-state index in [1.807, 2.05) is 0 Å². The minimum atomic E-state index is -0.842. The normalized spacial score (nSPS) is 10.4. The predicted molar refractivity (Wildman–Crippen MR) is 54.0 cm³/mol. The Balaban J connectivity index is 2.59. The van der Waals surface area contributed by atoms with Crippen LogP contribution < -0.4 is 5.73 Å². The van der Waals surface area contributed by atoms with Crippen molar-refractivity contribution in [2.75, 3.05) is 5.73 Å². The number of pyridine rings is 1. The van der Waals surface area contributed by atoms with E-state index in [2.05, 4.69) is 4.98 Å². The molecule has 2 nitrogen and oxygen atoms in total. The van der Waals surface area contributed by atoms with E-state index < -0.39 is 17.5 Å². The molecule has 2 rings (SSSR count). The monoisotopic (exact) mass is 224 g/mol. The van der Waals surface area contributed by atoms with Crippen molar-refractivity contribution in [1.82, 2.24) is 4.98 Å². The molecular formula is C11H7F3N2. The van der Waals surface area contributed by atoms with Crippen molar-refractivity contribution in [1.29, 1.82) is 0 Å². The molecule has 0 amide bonds. The zero-order valence-electron chi connectivity index (χ0n) is 8.05. The Kier molecular flexibility index (Phi) is 2.52. The van der Waals surface area contributed by atoms with E-state index in [0.717, 1.165) is 24.4 Å². The van der Waals surface area contributed by atoms with Gasteiger partial charge in [0.2, 0.25) is 0 Å². The topological polar surface area (TPSA) is 38.9 Å². The maximum atomic E-state index is 13.4. The number of anilines is 1. The Morgan fingerprint density at radius 3 is 2.25 bits per heavy atom. The highest BCUT2D eigenvalue weighted by molar-refractivity contribution is 5.64. The Labute approximate surface area is 89.5 Å². The summed E-state index contributed by atoms with van der Waals surface area (Å²) < 4.78 is 39.4. The van der Waals surface area contributed by atoms with Crippen LogP contribution in [0, 0.1) is 17.5 Å². The SMILES string of the molecule is Nc1cc(F)c(-c2ccc(F)cc2F)cn1. The second kappa shape index (κ2) is 3.84. The van der Waals surface area contributed by atoms with Gasteiger partial charge in [0.05, 0.1) is 0 Å². The maximum Gasteiger partial charge on any atom is 0.136 e. The van der Waals surface area contributed by atoms with Gasteiger partial charge in [-0.15, -0.1) is 0 Å². The molecule has 0 aliphatic heterocycles. The molecule has 2 N–H and O–H groups in total. The van der Waals surface area contributed by atoms with Crippen LogP contribution in [0.3, 0.4) is 0 Å². The number of halogens is 3. The van der Waals surface area contributed by atoms with E-state index in [4.69, 9.17) is 5.73 Å². The fourth-order valence-corrected chi connectivity index (χ4v) is 1.35. The molecule has 0 aliphatic carbocycles. The van der Waals surface area contributed by atoms with Crippen LogP contribution in [0.25, 0.3) is 11.1 Å². The van der Waals surface area contributed by atoms with Crippen molar-refractivity contribution in [3.63, 3.8) is 0 Å². The average Bonchev–Trinajstić information content (AvgIpc) is 2.19. The summed E-state index contributed by atoms with van der Waals surface area (Å²) in [5.74, 6) is -2.25. The van der Waals surface area contributed by atoms with Gasteiger partial charge in [-0.05, 0) is 12.1 Å². The highest BCUT2D eigenvalue weighted by Gasteiger charge is 2.11. The van der Waals surface area contributed by atoms with E-state index >= 15 is 0 Å². The van der Waals surface area contributed by atoms with Crippen LogP contribution in [0.2, 0.25) is 0 Å². The van der Waals surface area contributed by atoms with Crippen molar-refractivity contribution in [2.24, 2.45) is 0 Å². The average molecular weight is 224 g/mol. The smallest absolute Gasteiger partial charge is 0.136 e. The summed E-state index contributed by atoms with van der Waals surface area (Å²) in [5, 5.41) is 0. The minimum Gasteiger partial charge on any atom is -0.384 e. The molecule has 1 aromatic carbocycles. The molecule has 0 atom stereocenters. The first-order chi connectivity index (χ1) is 7.58. The number of aromatic nitrogens is 1. The molecule has 2 aromatic rings. The largest absolute Gasteiger partial charge is 0.384 e. The number of rotatable bonds is 1. The zero-order chi connectivity index (χ0) is 11.7.